The van der Waals surface area contributed by atoms with Gasteiger partial charge in [0.05, 0.1) is 10.6 Å². The van der Waals surface area contributed by atoms with Crippen LogP contribution >= 0.6 is 23.2 Å². The van der Waals surface area contributed by atoms with Crippen molar-refractivity contribution in [3.05, 3.63) is 93.5 Å². The number of sulfonamides is 1. The molecule has 0 saturated carbocycles. The van der Waals surface area contributed by atoms with Crippen LogP contribution in [-0.2, 0) is 26.2 Å². The van der Waals surface area contributed by atoms with Gasteiger partial charge in [0.2, 0.25) is 11.8 Å². The molecule has 0 aromatic heterocycles. The molecule has 3 aromatic carbocycles. The maximum absolute atomic E-state index is 13.8. The first-order valence-electron chi connectivity index (χ1n) is 11.6. The lowest BCUT2D eigenvalue weighted by Gasteiger charge is -2.32. The number of anilines is 1. The first-order chi connectivity index (χ1) is 17.4. The Balaban J connectivity index is 2.07. The zero-order valence-corrected chi connectivity index (χ0v) is 23.4. The molecule has 0 saturated heterocycles. The number of amides is 2. The second kappa shape index (κ2) is 12.0. The monoisotopic (exact) mass is 561 g/mol. The summed E-state index contributed by atoms with van der Waals surface area (Å²) in [5, 5.41) is 3.31. The van der Waals surface area contributed by atoms with Crippen molar-refractivity contribution < 1.29 is 18.0 Å². The molecule has 0 fully saturated rings. The zero-order valence-electron chi connectivity index (χ0n) is 21.0. The maximum atomic E-state index is 13.8. The molecule has 7 nitrogen and oxygen atoms in total. The average Bonchev–Trinajstić information content (AvgIpc) is 2.86. The molecule has 0 aliphatic rings. The number of nitrogens with zero attached hydrogens (tertiary/aromatic N) is 2. The minimum absolute atomic E-state index is 0.0183. The van der Waals surface area contributed by atoms with Gasteiger partial charge < -0.3 is 10.2 Å². The SMILES string of the molecule is CNC(=O)[C@H](C)N(Cc1ccc(Cl)cc1Cl)C(=O)CN(c1ccc(C)cc1C)S(=O)(=O)c1ccccc1. The van der Waals surface area contributed by atoms with E-state index in [1.807, 2.05) is 13.0 Å². The molecule has 3 aromatic rings. The highest BCUT2D eigenvalue weighted by Crippen LogP contribution is 2.29. The fourth-order valence-corrected chi connectivity index (χ4v) is 5.91. The van der Waals surface area contributed by atoms with Crippen LogP contribution in [0.4, 0.5) is 5.69 Å². The third-order valence-electron chi connectivity index (χ3n) is 6.00. The number of likely N-dealkylation sites (N-methyl/N-ethyl adjacent to an activating group) is 1. The van der Waals surface area contributed by atoms with Crippen LogP contribution in [0.1, 0.15) is 23.6 Å². The van der Waals surface area contributed by atoms with Crippen molar-refractivity contribution in [2.45, 2.75) is 38.3 Å². The van der Waals surface area contributed by atoms with E-state index in [1.54, 1.807) is 62.4 Å². The highest BCUT2D eigenvalue weighted by molar-refractivity contribution is 7.92. The van der Waals surface area contributed by atoms with Gasteiger partial charge in [-0.3, -0.25) is 13.9 Å². The minimum atomic E-state index is -4.11. The smallest absolute Gasteiger partial charge is 0.264 e. The van der Waals surface area contributed by atoms with E-state index >= 15 is 0 Å². The van der Waals surface area contributed by atoms with E-state index < -0.39 is 34.4 Å². The fraction of sp³-hybridized carbons (Fsp3) is 0.259. The van der Waals surface area contributed by atoms with E-state index in [0.717, 1.165) is 9.87 Å². The highest BCUT2D eigenvalue weighted by atomic mass is 35.5. The van der Waals surface area contributed by atoms with Gasteiger partial charge in [-0.25, -0.2) is 8.42 Å². The second-order valence-corrected chi connectivity index (χ2v) is 11.4. The Kier molecular flexibility index (Phi) is 9.23. The predicted octanol–water partition coefficient (Wildman–Crippen LogP) is 4.97. The molecule has 37 heavy (non-hydrogen) atoms. The van der Waals surface area contributed by atoms with Crippen LogP contribution in [0.15, 0.2) is 71.6 Å². The summed E-state index contributed by atoms with van der Waals surface area (Å²) >= 11 is 12.4. The van der Waals surface area contributed by atoms with Crippen molar-refractivity contribution in [3.63, 3.8) is 0 Å². The van der Waals surface area contributed by atoms with Crippen LogP contribution < -0.4 is 9.62 Å². The molecule has 0 unspecified atom stereocenters. The topological polar surface area (TPSA) is 86.8 Å². The molecule has 0 heterocycles. The molecule has 1 atom stereocenters. The number of nitrogens with one attached hydrogen (secondary N) is 1. The molecule has 1 N–H and O–H groups in total. The molecule has 10 heteroatoms. The van der Waals surface area contributed by atoms with Gasteiger partial charge in [0.15, 0.2) is 0 Å². The van der Waals surface area contributed by atoms with E-state index in [-0.39, 0.29) is 11.4 Å². The van der Waals surface area contributed by atoms with Gasteiger partial charge in [-0.15, -0.1) is 0 Å². The molecule has 0 aliphatic heterocycles. The molecule has 0 aliphatic carbocycles. The quantitative estimate of drug-likeness (QED) is 0.399. The van der Waals surface area contributed by atoms with Crippen LogP contribution in [0.5, 0.6) is 0 Å². The summed E-state index contributed by atoms with van der Waals surface area (Å²) in [4.78, 5) is 27.7. The number of halogens is 2. The molecule has 0 radical (unpaired) electrons. The molecule has 3 rings (SSSR count). The molecule has 196 valence electrons. The van der Waals surface area contributed by atoms with E-state index in [9.17, 15) is 18.0 Å². The predicted molar refractivity (Wildman–Crippen MR) is 147 cm³/mol. The van der Waals surface area contributed by atoms with Crippen LogP contribution in [0.3, 0.4) is 0 Å². The van der Waals surface area contributed by atoms with Crippen molar-refractivity contribution in [1.82, 2.24) is 10.2 Å². The Morgan fingerprint density at radius 2 is 1.65 bits per heavy atom. The van der Waals surface area contributed by atoms with Crippen molar-refractivity contribution in [2.24, 2.45) is 0 Å². The normalized spacial score (nSPS) is 12.1. The number of hydrogen-bond acceptors (Lipinski definition) is 4. The standard InChI is InChI=1S/C27H29Cl2N3O4S/c1-18-10-13-25(19(2)14-18)32(37(35,36)23-8-6-5-7-9-23)17-26(33)31(20(3)27(34)30-4)16-21-11-12-22(28)15-24(21)29/h5-15,20H,16-17H2,1-4H3,(H,30,34)/t20-/m0/s1. The van der Waals surface area contributed by atoms with Gasteiger partial charge in [-0.05, 0) is 62.2 Å². The summed E-state index contributed by atoms with van der Waals surface area (Å²) in [6, 6.07) is 17.2. The van der Waals surface area contributed by atoms with Crippen LogP contribution in [0, 0.1) is 13.8 Å². The largest absolute Gasteiger partial charge is 0.357 e. The number of hydrogen-bond donors (Lipinski definition) is 1. The first kappa shape index (κ1) is 28.5. The number of carbonyl (C=O) groups excluding carboxylic acids is 2. The summed E-state index contributed by atoms with van der Waals surface area (Å²) in [6.45, 7) is 4.73. The Hall–Kier alpha value is -3.07. The third-order valence-corrected chi connectivity index (χ3v) is 8.36. The van der Waals surface area contributed by atoms with Gasteiger partial charge in [-0.1, -0.05) is 65.2 Å². The molecular formula is C27H29Cl2N3O4S. The third kappa shape index (κ3) is 6.63. The van der Waals surface area contributed by atoms with E-state index in [4.69, 9.17) is 23.2 Å². The van der Waals surface area contributed by atoms with E-state index in [0.29, 0.717) is 26.9 Å². The summed E-state index contributed by atoms with van der Waals surface area (Å²) in [5.74, 6) is -0.969. The lowest BCUT2D eigenvalue weighted by Crippen LogP contribution is -2.50. The molecular weight excluding hydrogens is 533 g/mol. The zero-order chi connectivity index (χ0) is 27.3. The Labute approximate surface area is 228 Å². The molecule has 0 bridgehead atoms. The van der Waals surface area contributed by atoms with E-state index in [2.05, 4.69) is 5.32 Å². The summed E-state index contributed by atoms with van der Waals surface area (Å²) in [6.07, 6.45) is 0. The lowest BCUT2D eigenvalue weighted by molar-refractivity contribution is -0.139. The van der Waals surface area contributed by atoms with Gasteiger partial charge in [0.25, 0.3) is 10.0 Å². The minimum Gasteiger partial charge on any atom is -0.357 e. The van der Waals surface area contributed by atoms with Crippen LogP contribution in [0.2, 0.25) is 10.0 Å². The first-order valence-corrected chi connectivity index (χ1v) is 13.7. The van der Waals surface area contributed by atoms with Crippen molar-refractivity contribution >= 4 is 50.7 Å². The van der Waals surface area contributed by atoms with Crippen LogP contribution in [-0.4, -0.2) is 44.8 Å². The van der Waals surface area contributed by atoms with Gasteiger partial charge in [-0.2, -0.15) is 0 Å². The molecule has 2 amide bonds. The Morgan fingerprint density at radius 3 is 2.24 bits per heavy atom. The van der Waals surface area contributed by atoms with Crippen molar-refractivity contribution in [2.75, 3.05) is 17.9 Å². The maximum Gasteiger partial charge on any atom is 0.264 e. The number of rotatable bonds is 9. The Bertz CT molecular complexity index is 1400. The number of carbonyl (C=O) groups is 2. The van der Waals surface area contributed by atoms with Gasteiger partial charge in [0, 0.05) is 23.6 Å². The average molecular weight is 563 g/mol. The number of aryl methyl sites for hydroxylation is 2. The second-order valence-electron chi connectivity index (χ2n) is 8.66. The van der Waals surface area contributed by atoms with Crippen molar-refractivity contribution in [3.8, 4) is 0 Å². The summed E-state index contributed by atoms with van der Waals surface area (Å²) in [7, 11) is -2.64. The summed E-state index contributed by atoms with van der Waals surface area (Å²) in [5.41, 5.74) is 2.59. The van der Waals surface area contributed by atoms with Crippen molar-refractivity contribution in [1.29, 1.82) is 0 Å². The van der Waals surface area contributed by atoms with Gasteiger partial charge >= 0.3 is 0 Å². The van der Waals surface area contributed by atoms with Gasteiger partial charge in [0.1, 0.15) is 12.6 Å². The fourth-order valence-electron chi connectivity index (χ4n) is 3.94. The molecule has 0 spiro atoms. The van der Waals surface area contributed by atoms with E-state index in [1.165, 1.54) is 24.1 Å². The lowest BCUT2D eigenvalue weighted by atomic mass is 10.1. The highest BCUT2D eigenvalue weighted by Gasteiger charge is 2.33. The summed E-state index contributed by atoms with van der Waals surface area (Å²) < 4.78 is 28.6. The Morgan fingerprint density at radius 1 is 0.973 bits per heavy atom. The number of benzene rings is 3. The van der Waals surface area contributed by atoms with Crippen LogP contribution in [0.25, 0.3) is 0 Å².